The third-order valence-electron chi connectivity index (χ3n) is 4.19. The SMILES string of the molecule is Cc1cccc(C2=CC(c3ccc([N+](=O)[O-])o3)=NC3C(Br)CNN23)c1. The van der Waals surface area contributed by atoms with Gasteiger partial charge in [-0.25, -0.2) is 5.43 Å². The molecule has 25 heavy (non-hydrogen) atoms. The van der Waals surface area contributed by atoms with Crippen LogP contribution < -0.4 is 5.43 Å². The molecule has 1 N–H and O–H groups in total. The van der Waals surface area contributed by atoms with E-state index in [-0.39, 0.29) is 16.9 Å². The minimum absolute atomic E-state index is 0.126. The summed E-state index contributed by atoms with van der Waals surface area (Å²) in [7, 11) is 0. The first-order valence-corrected chi connectivity index (χ1v) is 8.72. The van der Waals surface area contributed by atoms with Gasteiger partial charge >= 0.3 is 5.88 Å². The number of rotatable bonds is 3. The van der Waals surface area contributed by atoms with Crippen molar-refractivity contribution in [2.45, 2.75) is 17.9 Å². The normalized spacial score (nSPS) is 22.4. The van der Waals surface area contributed by atoms with Gasteiger partial charge in [0.1, 0.15) is 16.8 Å². The molecule has 128 valence electrons. The van der Waals surface area contributed by atoms with Gasteiger partial charge in [0.15, 0.2) is 5.76 Å². The second-order valence-corrected chi connectivity index (χ2v) is 7.15. The van der Waals surface area contributed by atoms with Gasteiger partial charge < -0.3 is 4.42 Å². The molecule has 0 amide bonds. The number of aliphatic imine (C=N–C) groups is 1. The number of nitrogens with one attached hydrogen (secondary N) is 1. The molecule has 2 aliphatic rings. The van der Waals surface area contributed by atoms with E-state index in [1.807, 2.05) is 36.2 Å². The Morgan fingerprint density at radius 1 is 1.40 bits per heavy atom. The number of aryl methyl sites for hydroxylation is 1. The molecule has 2 unspecified atom stereocenters. The first kappa shape index (κ1) is 16.0. The Morgan fingerprint density at radius 3 is 2.96 bits per heavy atom. The standard InChI is InChI=1S/C17H15BrN4O3/c1-10-3-2-4-11(7-10)14-8-13(15-5-6-16(25-15)22(23)24)20-17-12(18)9-19-21(14)17/h2-8,12,17,19H,9H2,1H3. The van der Waals surface area contributed by atoms with E-state index in [9.17, 15) is 10.1 Å². The molecule has 8 heteroatoms. The number of allylic oxidation sites excluding steroid dienone is 1. The van der Waals surface area contributed by atoms with Gasteiger partial charge in [0.2, 0.25) is 0 Å². The van der Waals surface area contributed by atoms with E-state index in [4.69, 9.17) is 9.41 Å². The highest BCUT2D eigenvalue weighted by Crippen LogP contribution is 2.33. The number of hydrogen-bond acceptors (Lipinski definition) is 6. The lowest BCUT2D eigenvalue weighted by Gasteiger charge is -2.31. The molecule has 4 rings (SSSR count). The average molecular weight is 403 g/mol. The van der Waals surface area contributed by atoms with Gasteiger partial charge in [-0.05, 0) is 30.7 Å². The second kappa shape index (κ2) is 6.12. The number of furan rings is 1. The van der Waals surface area contributed by atoms with Crippen molar-refractivity contribution in [3.05, 3.63) is 69.5 Å². The van der Waals surface area contributed by atoms with Crippen LogP contribution in [0.15, 0.2) is 51.9 Å². The molecule has 0 radical (unpaired) electrons. The maximum absolute atomic E-state index is 10.9. The molecule has 0 saturated carbocycles. The highest BCUT2D eigenvalue weighted by molar-refractivity contribution is 9.09. The number of hydrazine groups is 1. The number of nitrogens with zero attached hydrogens (tertiary/aromatic N) is 3. The second-order valence-electron chi connectivity index (χ2n) is 5.97. The summed E-state index contributed by atoms with van der Waals surface area (Å²) in [5.41, 5.74) is 7.10. The number of alkyl halides is 1. The van der Waals surface area contributed by atoms with E-state index in [1.54, 1.807) is 6.07 Å². The van der Waals surface area contributed by atoms with E-state index < -0.39 is 4.92 Å². The maximum atomic E-state index is 10.9. The Balaban J connectivity index is 1.80. The van der Waals surface area contributed by atoms with E-state index in [1.165, 1.54) is 6.07 Å². The Hall–Kier alpha value is -2.45. The minimum Gasteiger partial charge on any atom is -0.399 e. The molecule has 0 bridgehead atoms. The van der Waals surface area contributed by atoms with Crippen molar-refractivity contribution in [1.29, 1.82) is 0 Å². The van der Waals surface area contributed by atoms with Crippen LogP contribution in [0.3, 0.4) is 0 Å². The van der Waals surface area contributed by atoms with Crippen molar-refractivity contribution < 1.29 is 9.34 Å². The Morgan fingerprint density at radius 2 is 2.24 bits per heavy atom. The molecule has 2 aliphatic heterocycles. The van der Waals surface area contributed by atoms with Crippen molar-refractivity contribution in [1.82, 2.24) is 10.4 Å². The highest BCUT2D eigenvalue weighted by atomic mass is 79.9. The topological polar surface area (TPSA) is 83.9 Å². The molecule has 0 aliphatic carbocycles. The highest BCUT2D eigenvalue weighted by Gasteiger charge is 2.37. The minimum atomic E-state index is -0.547. The van der Waals surface area contributed by atoms with Crippen molar-refractivity contribution in [3.8, 4) is 0 Å². The molecule has 1 saturated heterocycles. The summed E-state index contributed by atoms with van der Waals surface area (Å²) in [4.78, 5) is 15.2. The molecule has 3 heterocycles. The van der Waals surface area contributed by atoms with E-state index >= 15 is 0 Å². The van der Waals surface area contributed by atoms with Crippen LogP contribution in [-0.2, 0) is 0 Å². The van der Waals surface area contributed by atoms with Gasteiger partial charge in [-0.1, -0.05) is 39.7 Å². The van der Waals surface area contributed by atoms with Crippen LogP contribution in [0.5, 0.6) is 0 Å². The number of halogens is 1. The number of nitro groups is 1. The summed E-state index contributed by atoms with van der Waals surface area (Å²) in [6, 6.07) is 11.1. The number of benzene rings is 1. The third kappa shape index (κ3) is 2.87. The zero-order chi connectivity index (χ0) is 17.6. The Bertz CT molecular complexity index is 905. The van der Waals surface area contributed by atoms with Crippen LogP contribution in [0.1, 0.15) is 16.9 Å². The van der Waals surface area contributed by atoms with Gasteiger partial charge in [0.25, 0.3) is 0 Å². The van der Waals surface area contributed by atoms with Gasteiger partial charge in [0.05, 0.1) is 16.6 Å². The van der Waals surface area contributed by atoms with Crippen LogP contribution in [0.4, 0.5) is 5.88 Å². The summed E-state index contributed by atoms with van der Waals surface area (Å²) in [5.74, 6) is 0.105. The molecule has 2 aromatic rings. The van der Waals surface area contributed by atoms with Gasteiger partial charge in [-0.2, -0.15) is 0 Å². The number of hydrogen-bond donors (Lipinski definition) is 1. The number of fused-ring (bicyclic) bond motifs is 1. The van der Waals surface area contributed by atoms with E-state index in [0.29, 0.717) is 11.5 Å². The molecule has 1 fully saturated rings. The molecule has 7 nitrogen and oxygen atoms in total. The predicted molar refractivity (Wildman–Crippen MR) is 97.4 cm³/mol. The fourth-order valence-electron chi connectivity index (χ4n) is 3.02. The average Bonchev–Trinajstić information content (AvgIpc) is 3.22. The Labute approximate surface area is 152 Å². The zero-order valence-corrected chi connectivity index (χ0v) is 14.9. The Kier molecular flexibility index (Phi) is 3.93. The summed E-state index contributed by atoms with van der Waals surface area (Å²) < 4.78 is 5.35. The van der Waals surface area contributed by atoms with Crippen molar-refractivity contribution >= 4 is 33.2 Å². The monoisotopic (exact) mass is 402 g/mol. The van der Waals surface area contributed by atoms with Crippen LogP contribution >= 0.6 is 15.9 Å². The van der Waals surface area contributed by atoms with Crippen molar-refractivity contribution in [2.75, 3.05) is 6.54 Å². The largest absolute Gasteiger partial charge is 0.433 e. The quantitative estimate of drug-likeness (QED) is 0.483. The fourth-order valence-corrected chi connectivity index (χ4v) is 3.52. The summed E-state index contributed by atoms with van der Waals surface area (Å²) in [6.07, 6.45) is 1.74. The molecular weight excluding hydrogens is 388 g/mol. The first-order valence-electron chi connectivity index (χ1n) is 7.81. The van der Waals surface area contributed by atoms with Gasteiger partial charge in [-0.3, -0.25) is 20.1 Å². The summed E-state index contributed by atoms with van der Waals surface area (Å²) in [5, 5.41) is 12.9. The van der Waals surface area contributed by atoms with E-state index in [2.05, 4.69) is 27.4 Å². The third-order valence-corrected chi connectivity index (χ3v) is 4.98. The fraction of sp³-hybridized carbons (Fsp3) is 0.235. The van der Waals surface area contributed by atoms with Crippen LogP contribution in [0, 0.1) is 17.0 Å². The molecule has 0 spiro atoms. The smallest absolute Gasteiger partial charge is 0.399 e. The summed E-state index contributed by atoms with van der Waals surface area (Å²) >= 11 is 3.65. The van der Waals surface area contributed by atoms with Crippen molar-refractivity contribution in [2.24, 2.45) is 4.99 Å². The maximum Gasteiger partial charge on any atom is 0.433 e. The first-order chi connectivity index (χ1) is 12.0. The van der Waals surface area contributed by atoms with Crippen LogP contribution in [0.2, 0.25) is 0 Å². The molecule has 1 aromatic carbocycles. The van der Waals surface area contributed by atoms with Crippen LogP contribution in [0.25, 0.3) is 5.70 Å². The molecule has 1 aromatic heterocycles. The molecule has 2 atom stereocenters. The zero-order valence-electron chi connectivity index (χ0n) is 13.3. The van der Waals surface area contributed by atoms with Crippen LogP contribution in [-0.4, -0.2) is 33.2 Å². The van der Waals surface area contributed by atoms with E-state index in [0.717, 1.165) is 23.4 Å². The molecular formula is C17H15BrN4O3. The van der Waals surface area contributed by atoms with Crippen molar-refractivity contribution in [3.63, 3.8) is 0 Å². The lowest BCUT2D eigenvalue weighted by atomic mass is 10.0. The lowest BCUT2D eigenvalue weighted by molar-refractivity contribution is -0.402. The lowest BCUT2D eigenvalue weighted by Crippen LogP contribution is -2.39. The predicted octanol–water partition coefficient (Wildman–Crippen LogP) is 3.25. The summed E-state index contributed by atoms with van der Waals surface area (Å²) in [6.45, 7) is 2.78. The van der Waals surface area contributed by atoms with Gasteiger partial charge in [0, 0.05) is 6.54 Å². The van der Waals surface area contributed by atoms with Gasteiger partial charge in [-0.15, -0.1) is 0 Å².